The van der Waals surface area contributed by atoms with Crippen LogP contribution in [0.3, 0.4) is 0 Å². The molecule has 0 spiro atoms. The van der Waals surface area contributed by atoms with Gasteiger partial charge in [0.25, 0.3) is 0 Å². The Kier molecular flexibility index (Phi) is 3.83. The molecule has 0 fully saturated rings. The molecule has 2 heterocycles. The number of aryl methyl sites for hydroxylation is 2. The molecule has 0 amide bonds. The van der Waals surface area contributed by atoms with Crippen LogP contribution < -0.4 is 5.32 Å². The summed E-state index contributed by atoms with van der Waals surface area (Å²) in [5.41, 5.74) is 4.86. The standard InChI is InChI=1S/C16H22N4/c1-12-15-9-14(11-18-16(15)20(2)19-12)10-17-8-7-13-5-3-4-6-13/h5,9,11,17H,3-4,6-8,10H2,1-2H3. The van der Waals surface area contributed by atoms with Gasteiger partial charge in [-0.15, -0.1) is 0 Å². The van der Waals surface area contributed by atoms with Crippen LogP contribution in [0, 0.1) is 6.92 Å². The first-order chi connectivity index (χ1) is 9.74. The van der Waals surface area contributed by atoms with E-state index in [2.05, 4.69) is 27.5 Å². The van der Waals surface area contributed by atoms with Gasteiger partial charge in [0.1, 0.15) is 0 Å². The molecule has 3 rings (SSSR count). The fourth-order valence-corrected chi connectivity index (χ4v) is 2.89. The molecule has 1 aliphatic rings. The minimum absolute atomic E-state index is 0.880. The fourth-order valence-electron chi connectivity index (χ4n) is 2.89. The maximum Gasteiger partial charge on any atom is 0.157 e. The van der Waals surface area contributed by atoms with Crippen molar-refractivity contribution in [1.29, 1.82) is 0 Å². The summed E-state index contributed by atoms with van der Waals surface area (Å²) in [6.07, 6.45) is 9.44. The summed E-state index contributed by atoms with van der Waals surface area (Å²) in [4.78, 5) is 4.51. The number of allylic oxidation sites excluding steroid dienone is 1. The van der Waals surface area contributed by atoms with Crippen molar-refractivity contribution in [2.24, 2.45) is 7.05 Å². The Hall–Kier alpha value is -1.68. The second kappa shape index (κ2) is 5.75. The maximum absolute atomic E-state index is 4.51. The Bertz CT molecular complexity index is 639. The van der Waals surface area contributed by atoms with Crippen LogP contribution >= 0.6 is 0 Å². The zero-order valence-corrected chi connectivity index (χ0v) is 12.3. The summed E-state index contributed by atoms with van der Waals surface area (Å²) >= 11 is 0. The highest BCUT2D eigenvalue weighted by molar-refractivity contribution is 5.78. The molecule has 0 aliphatic heterocycles. The maximum atomic E-state index is 4.51. The van der Waals surface area contributed by atoms with Crippen molar-refractivity contribution in [3.63, 3.8) is 0 Å². The highest BCUT2D eigenvalue weighted by Gasteiger charge is 2.07. The summed E-state index contributed by atoms with van der Waals surface area (Å²) in [6, 6.07) is 2.20. The van der Waals surface area contributed by atoms with Gasteiger partial charge < -0.3 is 5.32 Å². The van der Waals surface area contributed by atoms with E-state index in [1.807, 2.05) is 24.9 Å². The number of rotatable bonds is 5. The Balaban J connectivity index is 1.58. The molecule has 0 bridgehead atoms. The van der Waals surface area contributed by atoms with Crippen molar-refractivity contribution in [1.82, 2.24) is 20.1 Å². The molecule has 2 aromatic rings. The van der Waals surface area contributed by atoms with Crippen molar-refractivity contribution in [2.75, 3.05) is 6.54 Å². The Morgan fingerprint density at radius 1 is 1.40 bits per heavy atom. The van der Waals surface area contributed by atoms with Gasteiger partial charge in [-0.3, -0.25) is 4.68 Å². The lowest BCUT2D eigenvalue weighted by Crippen LogP contribution is -2.15. The van der Waals surface area contributed by atoms with E-state index in [-0.39, 0.29) is 0 Å². The SMILES string of the molecule is Cc1nn(C)c2ncc(CNCCC3=CCCC3)cc12. The largest absolute Gasteiger partial charge is 0.312 e. The number of hydrogen-bond acceptors (Lipinski definition) is 3. The quantitative estimate of drug-likeness (QED) is 0.671. The number of hydrogen-bond donors (Lipinski definition) is 1. The number of fused-ring (bicyclic) bond motifs is 1. The molecule has 4 heteroatoms. The van der Waals surface area contributed by atoms with E-state index < -0.39 is 0 Å². The zero-order chi connectivity index (χ0) is 13.9. The summed E-state index contributed by atoms with van der Waals surface area (Å²) in [5, 5.41) is 9.08. The van der Waals surface area contributed by atoms with E-state index in [1.165, 1.54) is 31.2 Å². The van der Waals surface area contributed by atoms with Crippen molar-refractivity contribution in [3.05, 3.63) is 35.2 Å². The van der Waals surface area contributed by atoms with Crippen LogP contribution in [0.4, 0.5) is 0 Å². The third-order valence-corrected chi connectivity index (χ3v) is 4.01. The van der Waals surface area contributed by atoms with E-state index in [4.69, 9.17) is 0 Å². The molecule has 0 radical (unpaired) electrons. The number of nitrogens with one attached hydrogen (secondary N) is 1. The smallest absolute Gasteiger partial charge is 0.157 e. The summed E-state index contributed by atoms with van der Waals surface area (Å²) < 4.78 is 1.84. The van der Waals surface area contributed by atoms with Crippen molar-refractivity contribution >= 4 is 11.0 Å². The van der Waals surface area contributed by atoms with Gasteiger partial charge in [-0.2, -0.15) is 5.10 Å². The lowest BCUT2D eigenvalue weighted by Gasteiger charge is -2.06. The van der Waals surface area contributed by atoms with Crippen LogP contribution in [-0.2, 0) is 13.6 Å². The number of aromatic nitrogens is 3. The number of nitrogens with zero attached hydrogens (tertiary/aromatic N) is 3. The molecule has 2 aromatic heterocycles. The van der Waals surface area contributed by atoms with Gasteiger partial charge >= 0.3 is 0 Å². The lowest BCUT2D eigenvalue weighted by molar-refractivity contribution is 0.675. The van der Waals surface area contributed by atoms with Gasteiger partial charge in [-0.25, -0.2) is 4.98 Å². The van der Waals surface area contributed by atoms with E-state index in [1.54, 1.807) is 5.57 Å². The van der Waals surface area contributed by atoms with Crippen molar-refractivity contribution in [2.45, 2.75) is 39.2 Å². The molecule has 20 heavy (non-hydrogen) atoms. The molecule has 4 nitrogen and oxygen atoms in total. The Morgan fingerprint density at radius 3 is 3.10 bits per heavy atom. The average molecular weight is 270 g/mol. The highest BCUT2D eigenvalue weighted by Crippen LogP contribution is 2.20. The molecule has 0 saturated heterocycles. The fraction of sp³-hybridized carbons (Fsp3) is 0.500. The van der Waals surface area contributed by atoms with Gasteiger partial charge in [0, 0.05) is 25.2 Å². The first-order valence-electron chi connectivity index (χ1n) is 7.41. The molecule has 1 N–H and O–H groups in total. The Labute approximate surface area is 119 Å². The van der Waals surface area contributed by atoms with Crippen molar-refractivity contribution in [3.8, 4) is 0 Å². The Morgan fingerprint density at radius 2 is 2.30 bits per heavy atom. The predicted molar refractivity (Wildman–Crippen MR) is 81.5 cm³/mol. The average Bonchev–Trinajstić information content (AvgIpc) is 3.05. The zero-order valence-electron chi connectivity index (χ0n) is 12.3. The first-order valence-corrected chi connectivity index (χ1v) is 7.41. The molecule has 0 saturated carbocycles. The third-order valence-electron chi connectivity index (χ3n) is 4.01. The highest BCUT2D eigenvalue weighted by atomic mass is 15.3. The molecule has 1 aliphatic carbocycles. The van der Waals surface area contributed by atoms with Crippen molar-refractivity contribution < 1.29 is 0 Å². The van der Waals surface area contributed by atoms with Gasteiger partial charge in [0.15, 0.2) is 5.65 Å². The van der Waals surface area contributed by atoms with Crippen LogP contribution in [0.2, 0.25) is 0 Å². The summed E-state index contributed by atoms with van der Waals surface area (Å²) in [7, 11) is 1.94. The molecule has 0 atom stereocenters. The van der Waals surface area contributed by atoms with E-state index >= 15 is 0 Å². The second-order valence-corrected chi connectivity index (χ2v) is 5.61. The van der Waals surface area contributed by atoms with E-state index in [9.17, 15) is 0 Å². The molecule has 106 valence electrons. The van der Waals surface area contributed by atoms with Gasteiger partial charge in [0.2, 0.25) is 0 Å². The van der Waals surface area contributed by atoms with Gasteiger partial charge in [0.05, 0.1) is 5.69 Å². The predicted octanol–water partition coefficient (Wildman–Crippen LogP) is 2.87. The summed E-state index contributed by atoms with van der Waals surface area (Å²) in [5.74, 6) is 0. The van der Waals surface area contributed by atoms with Gasteiger partial charge in [-0.1, -0.05) is 11.6 Å². The lowest BCUT2D eigenvalue weighted by atomic mass is 10.1. The minimum atomic E-state index is 0.880. The molecular formula is C16H22N4. The monoisotopic (exact) mass is 270 g/mol. The first kappa shape index (κ1) is 13.3. The number of pyridine rings is 1. The molecule has 0 aromatic carbocycles. The third kappa shape index (κ3) is 2.75. The normalized spacial score (nSPS) is 15.0. The van der Waals surface area contributed by atoms with E-state index in [0.29, 0.717) is 0 Å². The van der Waals surface area contributed by atoms with Crippen LogP contribution in [0.25, 0.3) is 11.0 Å². The minimum Gasteiger partial charge on any atom is -0.312 e. The van der Waals surface area contributed by atoms with E-state index in [0.717, 1.165) is 29.8 Å². The topological polar surface area (TPSA) is 42.7 Å². The van der Waals surface area contributed by atoms with Crippen LogP contribution in [-0.4, -0.2) is 21.3 Å². The van der Waals surface area contributed by atoms with Gasteiger partial charge in [-0.05, 0) is 50.8 Å². The summed E-state index contributed by atoms with van der Waals surface area (Å²) in [6.45, 7) is 3.97. The van der Waals surface area contributed by atoms with Crippen LogP contribution in [0.15, 0.2) is 23.9 Å². The second-order valence-electron chi connectivity index (χ2n) is 5.61. The van der Waals surface area contributed by atoms with Crippen LogP contribution in [0.5, 0.6) is 0 Å². The molecule has 0 unspecified atom stereocenters. The van der Waals surface area contributed by atoms with Crippen LogP contribution in [0.1, 0.15) is 36.9 Å². The molecular weight excluding hydrogens is 248 g/mol.